The largest absolute Gasteiger partial charge is 0.453 e. The Morgan fingerprint density at radius 2 is 1.95 bits per heavy atom. The third-order valence-electron chi connectivity index (χ3n) is 6.52. The highest BCUT2D eigenvalue weighted by Crippen LogP contribution is 2.43. The van der Waals surface area contributed by atoms with Crippen LogP contribution in [0.1, 0.15) is 18.9 Å². The second-order valence-corrected chi connectivity index (χ2v) is 9.71. The van der Waals surface area contributed by atoms with Gasteiger partial charge in [0.05, 0.1) is 23.0 Å². The van der Waals surface area contributed by atoms with Gasteiger partial charge in [0.15, 0.2) is 11.2 Å². The SMILES string of the molecule is Cn1cc(NC(=O)C2(C)C(=O)Nc3nc(-c4nn(CCC(F)(F)C(F)(F)F)c5cc(Cl)ccc45)nc(N)c32)cn1. The molecule has 40 heavy (non-hydrogen) atoms. The molecule has 17 heteroatoms. The number of carbonyl (C=O) groups is 2. The van der Waals surface area contributed by atoms with E-state index in [0.29, 0.717) is 5.69 Å². The van der Waals surface area contributed by atoms with E-state index < -0.39 is 42.3 Å². The minimum absolute atomic E-state index is 0.000702. The predicted molar refractivity (Wildman–Crippen MR) is 134 cm³/mol. The van der Waals surface area contributed by atoms with Crippen LogP contribution in [0.2, 0.25) is 5.02 Å². The molecule has 1 aromatic carbocycles. The molecule has 2 amide bonds. The van der Waals surface area contributed by atoms with Crippen molar-refractivity contribution >= 4 is 51.6 Å². The number of nitrogens with one attached hydrogen (secondary N) is 2. The molecule has 210 valence electrons. The van der Waals surface area contributed by atoms with Crippen LogP contribution in [0.5, 0.6) is 0 Å². The van der Waals surface area contributed by atoms with Crippen LogP contribution in [-0.2, 0) is 28.6 Å². The third-order valence-corrected chi connectivity index (χ3v) is 6.75. The number of hydrogen-bond acceptors (Lipinski definition) is 7. The van der Waals surface area contributed by atoms with Crippen LogP contribution in [0.15, 0.2) is 30.6 Å². The van der Waals surface area contributed by atoms with Crippen LogP contribution in [-0.4, -0.2) is 53.4 Å². The first-order valence-corrected chi connectivity index (χ1v) is 11.9. The number of fused-ring (bicyclic) bond motifs is 2. The van der Waals surface area contributed by atoms with E-state index in [-0.39, 0.29) is 44.6 Å². The molecule has 3 aromatic heterocycles. The van der Waals surface area contributed by atoms with Crippen LogP contribution < -0.4 is 16.4 Å². The first kappa shape index (κ1) is 27.2. The van der Waals surface area contributed by atoms with Gasteiger partial charge in [0.25, 0.3) is 0 Å². The number of carbonyl (C=O) groups excluding carboxylic acids is 2. The number of rotatable bonds is 6. The summed E-state index contributed by atoms with van der Waals surface area (Å²) in [7, 11) is 1.64. The van der Waals surface area contributed by atoms with Crippen LogP contribution in [0, 0.1) is 0 Å². The van der Waals surface area contributed by atoms with Crippen molar-refractivity contribution in [2.24, 2.45) is 7.05 Å². The molecule has 4 heterocycles. The number of alkyl halides is 5. The quantitative estimate of drug-likeness (QED) is 0.230. The molecule has 0 saturated carbocycles. The summed E-state index contributed by atoms with van der Waals surface area (Å²) in [6.07, 6.45) is -4.40. The number of amides is 2. The molecule has 11 nitrogen and oxygen atoms in total. The van der Waals surface area contributed by atoms with Crippen molar-refractivity contribution in [3.63, 3.8) is 0 Å². The monoisotopic (exact) mass is 583 g/mol. The standard InChI is InChI=1S/C23H19ClF5N9O2/c1-21(19(39)32-11-8-31-37(2)9-11)14-16(30)33-18(34-17(14)35-20(21)40)15-12-4-3-10(24)7-13(12)38(36-15)6-5-22(25,26)23(27,28)29/h3-4,7-9H,5-6H2,1-2H3,(H,32,39)(H3,30,33,34,35,40). The molecule has 4 aromatic rings. The van der Waals surface area contributed by atoms with Gasteiger partial charge in [0, 0.05) is 36.6 Å². The lowest BCUT2D eigenvalue weighted by Crippen LogP contribution is -2.43. The Morgan fingerprint density at radius 3 is 2.60 bits per heavy atom. The minimum atomic E-state index is -5.73. The van der Waals surface area contributed by atoms with Gasteiger partial charge in [-0.1, -0.05) is 11.6 Å². The molecule has 0 aliphatic carbocycles. The number of hydrogen-bond donors (Lipinski definition) is 3. The van der Waals surface area contributed by atoms with Gasteiger partial charge in [-0.25, -0.2) is 9.97 Å². The summed E-state index contributed by atoms with van der Waals surface area (Å²) in [4.78, 5) is 34.7. The van der Waals surface area contributed by atoms with Gasteiger partial charge < -0.3 is 16.4 Å². The molecule has 1 aliphatic rings. The molecule has 0 fully saturated rings. The number of nitrogens with zero attached hydrogens (tertiary/aromatic N) is 6. The average molecular weight is 584 g/mol. The Morgan fingerprint density at radius 1 is 1.23 bits per heavy atom. The van der Waals surface area contributed by atoms with Gasteiger partial charge in [-0.05, 0) is 25.1 Å². The molecule has 1 atom stereocenters. The van der Waals surface area contributed by atoms with E-state index >= 15 is 0 Å². The third kappa shape index (κ3) is 4.37. The molecule has 1 aliphatic heterocycles. The van der Waals surface area contributed by atoms with Gasteiger partial charge >= 0.3 is 12.1 Å². The van der Waals surface area contributed by atoms with Crippen molar-refractivity contribution in [1.82, 2.24) is 29.5 Å². The van der Waals surface area contributed by atoms with Crippen LogP contribution in [0.25, 0.3) is 22.4 Å². The maximum atomic E-state index is 13.6. The Balaban J connectivity index is 1.55. The Kier molecular flexibility index (Phi) is 6.20. The summed E-state index contributed by atoms with van der Waals surface area (Å²) in [5.74, 6) is -6.92. The molecule has 1 unspecified atom stereocenters. The number of anilines is 3. The highest BCUT2D eigenvalue weighted by molar-refractivity contribution is 6.31. The number of halogens is 6. The molecule has 0 bridgehead atoms. The number of nitrogens with two attached hydrogens (primary N) is 1. The van der Waals surface area contributed by atoms with E-state index in [4.69, 9.17) is 17.3 Å². The number of aromatic nitrogens is 6. The van der Waals surface area contributed by atoms with E-state index in [9.17, 15) is 31.5 Å². The van der Waals surface area contributed by atoms with Crippen LogP contribution in [0.3, 0.4) is 0 Å². The van der Waals surface area contributed by atoms with Gasteiger partial charge in [-0.15, -0.1) is 0 Å². The molecule has 0 radical (unpaired) electrons. The highest BCUT2D eigenvalue weighted by atomic mass is 35.5. The fraction of sp³-hybridized carbons (Fsp3) is 0.304. The van der Waals surface area contributed by atoms with E-state index in [1.165, 1.54) is 42.2 Å². The lowest BCUT2D eigenvalue weighted by atomic mass is 9.83. The Bertz CT molecular complexity index is 1680. The summed E-state index contributed by atoms with van der Waals surface area (Å²) in [6, 6.07) is 4.27. The van der Waals surface area contributed by atoms with Crippen molar-refractivity contribution in [3.8, 4) is 11.5 Å². The average Bonchev–Trinajstić information content (AvgIpc) is 3.51. The second kappa shape index (κ2) is 9.11. The van der Waals surface area contributed by atoms with Gasteiger partial charge in [-0.2, -0.15) is 32.1 Å². The van der Waals surface area contributed by atoms with Crippen LogP contribution in [0.4, 0.5) is 39.3 Å². The maximum Gasteiger partial charge on any atom is 0.453 e. The van der Waals surface area contributed by atoms with E-state index in [1.54, 1.807) is 7.05 Å². The van der Waals surface area contributed by atoms with Crippen molar-refractivity contribution in [2.75, 3.05) is 16.4 Å². The molecular formula is C23H19ClF5N9O2. The van der Waals surface area contributed by atoms with Crippen molar-refractivity contribution in [2.45, 2.75) is 37.4 Å². The Labute approximate surface area is 226 Å². The zero-order valence-electron chi connectivity index (χ0n) is 20.6. The fourth-order valence-electron chi connectivity index (χ4n) is 4.34. The topological polar surface area (TPSA) is 146 Å². The smallest absolute Gasteiger partial charge is 0.383 e. The number of nitrogen functional groups attached to an aromatic ring is 1. The summed E-state index contributed by atoms with van der Waals surface area (Å²) < 4.78 is 67.8. The van der Waals surface area contributed by atoms with Gasteiger partial charge in [0.2, 0.25) is 11.8 Å². The fourth-order valence-corrected chi connectivity index (χ4v) is 4.51. The van der Waals surface area contributed by atoms with E-state index in [1.807, 2.05) is 0 Å². The summed E-state index contributed by atoms with van der Waals surface area (Å²) in [5.41, 5.74) is 4.84. The molecule has 0 spiro atoms. The second-order valence-electron chi connectivity index (χ2n) is 9.28. The molecule has 0 saturated heterocycles. The zero-order chi connectivity index (χ0) is 29.2. The summed E-state index contributed by atoms with van der Waals surface area (Å²) in [5, 5.41) is 13.7. The lowest BCUT2D eigenvalue weighted by molar-refractivity contribution is -0.285. The summed E-state index contributed by atoms with van der Waals surface area (Å²) >= 11 is 6.04. The summed E-state index contributed by atoms with van der Waals surface area (Å²) in [6.45, 7) is 0.527. The zero-order valence-corrected chi connectivity index (χ0v) is 21.4. The first-order chi connectivity index (χ1) is 18.6. The molecule has 4 N–H and O–H groups in total. The Hall–Kier alpha value is -4.34. The van der Waals surface area contributed by atoms with E-state index in [0.717, 1.165) is 4.68 Å². The first-order valence-electron chi connectivity index (χ1n) is 11.5. The highest BCUT2D eigenvalue weighted by Gasteiger charge is 2.57. The molecule has 5 rings (SSSR count). The van der Waals surface area contributed by atoms with Crippen LogP contribution >= 0.6 is 11.6 Å². The normalized spacial score (nSPS) is 17.2. The predicted octanol–water partition coefficient (Wildman–Crippen LogP) is 3.90. The van der Waals surface area contributed by atoms with Crippen molar-refractivity contribution in [3.05, 3.63) is 41.2 Å². The number of benzene rings is 1. The number of aryl methyl sites for hydroxylation is 2. The van der Waals surface area contributed by atoms with Crippen molar-refractivity contribution in [1.29, 1.82) is 0 Å². The maximum absolute atomic E-state index is 13.6. The van der Waals surface area contributed by atoms with Gasteiger partial charge in [0.1, 0.15) is 17.3 Å². The van der Waals surface area contributed by atoms with Crippen molar-refractivity contribution < 1.29 is 31.5 Å². The molecular weight excluding hydrogens is 565 g/mol. The van der Waals surface area contributed by atoms with E-state index in [2.05, 4.69) is 30.8 Å². The lowest BCUT2D eigenvalue weighted by Gasteiger charge is -2.21. The van der Waals surface area contributed by atoms with Gasteiger partial charge in [-0.3, -0.25) is 19.0 Å². The minimum Gasteiger partial charge on any atom is -0.383 e.